The average Bonchev–Trinajstić information content (AvgIpc) is 3.08. The Morgan fingerprint density at radius 3 is 2.20 bits per heavy atom. The van der Waals surface area contributed by atoms with E-state index in [1.807, 2.05) is 6.92 Å². The second kappa shape index (κ2) is 11.0. The maximum absolute atomic E-state index is 13.2. The highest BCUT2D eigenvalue weighted by atomic mass is 79.9. The van der Waals surface area contributed by atoms with E-state index in [9.17, 15) is 18.4 Å². The number of hydrogen-bond acceptors (Lipinski definition) is 5. The van der Waals surface area contributed by atoms with Crippen LogP contribution in [0.2, 0.25) is 0 Å². The van der Waals surface area contributed by atoms with Gasteiger partial charge in [-0.3, -0.25) is 14.5 Å². The van der Waals surface area contributed by atoms with Crippen molar-refractivity contribution in [1.29, 1.82) is 0 Å². The van der Waals surface area contributed by atoms with Gasteiger partial charge in [-0.1, -0.05) is 24.3 Å². The number of carbonyl (C=O) groups is 2. The number of thioether (sulfide) groups is 1. The molecule has 1 aliphatic heterocycles. The normalized spacial score (nSPS) is 14.6. The number of carbonyl (C=O) groups excluding carboxylic acids is 2. The summed E-state index contributed by atoms with van der Waals surface area (Å²) >= 11 is 4.34. The summed E-state index contributed by atoms with van der Waals surface area (Å²) in [4.78, 5) is 26.7. The maximum atomic E-state index is 13.2. The highest BCUT2D eigenvalue weighted by molar-refractivity contribution is 9.10. The number of halogens is 3. The first kappa shape index (κ1) is 24.9. The van der Waals surface area contributed by atoms with Crippen LogP contribution < -0.4 is 9.47 Å². The zero-order chi connectivity index (χ0) is 24.9. The lowest BCUT2D eigenvalue weighted by Gasteiger charge is -2.15. The van der Waals surface area contributed by atoms with Crippen molar-refractivity contribution < 1.29 is 27.8 Å². The van der Waals surface area contributed by atoms with E-state index >= 15 is 0 Å². The predicted octanol–water partition coefficient (Wildman–Crippen LogP) is 6.94. The fourth-order valence-electron chi connectivity index (χ4n) is 3.37. The van der Waals surface area contributed by atoms with E-state index in [2.05, 4.69) is 15.9 Å². The molecule has 0 N–H and O–H groups in total. The molecule has 0 unspecified atom stereocenters. The van der Waals surface area contributed by atoms with Crippen molar-refractivity contribution in [3.8, 4) is 11.5 Å². The first-order chi connectivity index (χ1) is 16.8. The van der Waals surface area contributed by atoms with Gasteiger partial charge in [0.15, 0.2) is 11.5 Å². The van der Waals surface area contributed by atoms with Crippen LogP contribution in [0.25, 0.3) is 6.08 Å². The van der Waals surface area contributed by atoms with Crippen molar-refractivity contribution in [2.24, 2.45) is 0 Å². The lowest BCUT2D eigenvalue weighted by Crippen LogP contribution is -2.27. The molecule has 1 saturated heterocycles. The van der Waals surface area contributed by atoms with Crippen LogP contribution in [-0.4, -0.2) is 22.7 Å². The molecule has 1 aliphatic rings. The number of rotatable bonds is 8. The molecule has 3 aromatic rings. The van der Waals surface area contributed by atoms with E-state index in [1.165, 1.54) is 24.3 Å². The van der Waals surface area contributed by atoms with Gasteiger partial charge in [-0.15, -0.1) is 0 Å². The zero-order valence-electron chi connectivity index (χ0n) is 18.6. The van der Waals surface area contributed by atoms with Crippen molar-refractivity contribution in [2.45, 2.75) is 20.1 Å². The van der Waals surface area contributed by atoms with Gasteiger partial charge in [0.25, 0.3) is 11.1 Å². The number of benzene rings is 3. The zero-order valence-corrected chi connectivity index (χ0v) is 21.0. The number of ether oxygens (including phenoxy) is 2. The molecule has 5 nitrogen and oxygen atoms in total. The van der Waals surface area contributed by atoms with Gasteiger partial charge < -0.3 is 9.47 Å². The molecule has 35 heavy (non-hydrogen) atoms. The van der Waals surface area contributed by atoms with Crippen LogP contribution in [-0.2, 0) is 17.9 Å². The van der Waals surface area contributed by atoms with E-state index in [0.717, 1.165) is 22.2 Å². The van der Waals surface area contributed by atoms with Gasteiger partial charge in [-0.05, 0) is 93.8 Å². The molecule has 0 saturated carbocycles. The van der Waals surface area contributed by atoms with E-state index < -0.39 is 11.1 Å². The summed E-state index contributed by atoms with van der Waals surface area (Å²) in [6.07, 6.45) is 1.62. The lowest BCUT2D eigenvalue weighted by atomic mass is 10.1. The maximum Gasteiger partial charge on any atom is 0.293 e. The minimum atomic E-state index is -0.421. The van der Waals surface area contributed by atoms with Crippen LogP contribution in [0.5, 0.6) is 11.5 Å². The van der Waals surface area contributed by atoms with Gasteiger partial charge in [0.05, 0.1) is 22.5 Å². The molecule has 0 bridgehead atoms. The number of imide groups is 1. The Balaban J connectivity index is 1.54. The quantitative estimate of drug-likeness (QED) is 0.280. The second-order valence-electron chi connectivity index (χ2n) is 7.57. The molecule has 0 radical (unpaired) electrons. The standard InChI is InChI=1S/C26H20BrF2NO4S/c1-2-33-22-12-18(11-21(27)24(22)34-15-17-5-9-20(29)10-6-17)13-23-25(31)30(26(32)35-23)14-16-3-7-19(28)8-4-16/h3-13H,2,14-15H2,1H3/b23-13-. The minimum absolute atomic E-state index is 0.0618. The average molecular weight is 560 g/mol. The highest BCUT2D eigenvalue weighted by Gasteiger charge is 2.35. The Morgan fingerprint density at radius 1 is 0.943 bits per heavy atom. The number of amides is 2. The topological polar surface area (TPSA) is 55.8 Å². The molecule has 180 valence electrons. The van der Waals surface area contributed by atoms with E-state index in [1.54, 1.807) is 42.5 Å². The molecule has 0 aromatic heterocycles. The van der Waals surface area contributed by atoms with Crippen LogP contribution in [0.15, 0.2) is 70.0 Å². The molecule has 3 aromatic carbocycles. The van der Waals surface area contributed by atoms with Crippen molar-refractivity contribution in [1.82, 2.24) is 4.90 Å². The van der Waals surface area contributed by atoms with Gasteiger partial charge in [-0.2, -0.15) is 0 Å². The SMILES string of the molecule is CCOc1cc(/C=C2\SC(=O)N(Cc3ccc(F)cc3)C2=O)cc(Br)c1OCc1ccc(F)cc1. The predicted molar refractivity (Wildman–Crippen MR) is 134 cm³/mol. The third-order valence-electron chi connectivity index (χ3n) is 5.05. The first-order valence-corrected chi connectivity index (χ1v) is 12.3. The van der Waals surface area contributed by atoms with Gasteiger partial charge in [0, 0.05) is 0 Å². The van der Waals surface area contributed by atoms with Crippen LogP contribution in [0.3, 0.4) is 0 Å². The molecule has 0 spiro atoms. The van der Waals surface area contributed by atoms with Crippen molar-refractivity contribution in [3.63, 3.8) is 0 Å². The molecular weight excluding hydrogens is 540 g/mol. The van der Waals surface area contributed by atoms with E-state index in [4.69, 9.17) is 9.47 Å². The summed E-state index contributed by atoms with van der Waals surface area (Å²) in [7, 11) is 0. The Labute approximate surface area is 213 Å². The lowest BCUT2D eigenvalue weighted by molar-refractivity contribution is -0.123. The summed E-state index contributed by atoms with van der Waals surface area (Å²) in [5.41, 5.74) is 2.08. The van der Waals surface area contributed by atoms with Gasteiger partial charge in [0.2, 0.25) is 0 Å². The van der Waals surface area contributed by atoms with Crippen LogP contribution in [0.1, 0.15) is 23.6 Å². The van der Waals surface area contributed by atoms with Crippen molar-refractivity contribution >= 4 is 44.9 Å². The van der Waals surface area contributed by atoms with Crippen LogP contribution in [0.4, 0.5) is 13.6 Å². The fraction of sp³-hybridized carbons (Fsp3) is 0.154. The molecule has 1 heterocycles. The highest BCUT2D eigenvalue weighted by Crippen LogP contribution is 2.40. The largest absolute Gasteiger partial charge is 0.490 e. The Bertz CT molecular complexity index is 1280. The Kier molecular flexibility index (Phi) is 7.87. The Morgan fingerprint density at radius 2 is 1.57 bits per heavy atom. The van der Waals surface area contributed by atoms with Crippen molar-refractivity contribution in [3.05, 3.63) is 98.4 Å². The summed E-state index contributed by atoms with van der Waals surface area (Å²) in [5, 5.41) is -0.395. The van der Waals surface area contributed by atoms with Gasteiger partial charge in [0.1, 0.15) is 18.2 Å². The molecule has 9 heteroatoms. The van der Waals surface area contributed by atoms with Crippen molar-refractivity contribution in [2.75, 3.05) is 6.61 Å². The van der Waals surface area contributed by atoms with E-state index in [0.29, 0.717) is 33.7 Å². The van der Waals surface area contributed by atoms with Crippen LogP contribution in [0, 0.1) is 11.6 Å². The number of hydrogen-bond donors (Lipinski definition) is 0. The smallest absolute Gasteiger partial charge is 0.293 e. The second-order valence-corrected chi connectivity index (χ2v) is 9.42. The molecule has 0 atom stereocenters. The Hall–Kier alpha value is -3.17. The van der Waals surface area contributed by atoms with Gasteiger partial charge in [-0.25, -0.2) is 8.78 Å². The number of nitrogens with zero attached hydrogens (tertiary/aromatic N) is 1. The fourth-order valence-corrected chi connectivity index (χ4v) is 4.78. The molecular formula is C26H20BrF2NO4S. The van der Waals surface area contributed by atoms with E-state index in [-0.39, 0.29) is 29.7 Å². The van der Waals surface area contributed by atoms with Gasteiger partial charge >= 0.3 is 0 Å². The van der Waals surface area contributed by atoms with Crippen LogP contribution >= 0.6 is 27.7 Å². The molecule has 1 fully saturated rings. The third-order valence-corrected chi connectivity index (χ3v) is 6.55. The summed E-state index contributed by atoms with van der Waals surface area (Å²) in [5.74, 6) is -0.200. The summed E-state index contributed by atoms with van der Waals surface area (Å²) in [6.45, 7) is 2.50. The molecule has 0 aliphatic carbocycles. The monoisotopic (exact) mass is 559 g/mol. The molecule has 2 amide bonds. The summed E-state index contributed by atoms with van der Waals surface area (Å²) < 4.78 is 38.6. The third kappa shape index (κ3) is 6.10. The first-order valence-electron chi connectivity index (χ1n) is 10.7. The molecule has 4 rings (SSSR count). The summed E-state index contributed by atoms with van der Waals surface area (Å²) in [6, 6.07) is 15.1. The minimum Gasteiger partial charge on any atom is -0.490 e.